The molecule has 2 rings (SSSR count). The minimum atomic E-state index is -3.53. The van der Waals surface area contributed by atoms with E-state index in [-0.39, 0.29) is 22.9 Å². The standard InChI is InChI=1S/C13H19N3O4S/c1-14-21(18,19)11-5-3-4-9(6-11)16-13(17)12-7-10(20-2)8-15-12/h3-6,10,12,14-15H,7-8H2,1-2H3,(H,16,17). The van der Waals surface area contributed by atoms with Gasteiger partial charge in [-0.05, 0) is 31.7 Å². The summed E-state index contributed by atoms with van der Waals surface area (Å²) in [5, 5.41) is 5.78. The van der Waals surface area contributed by atoms with Gasteiger partial charge in [-0.2, -0.15) is 0 Å². The van der Waals surface area contributed by atoms with E-state index in [4.69, 9.17) is 4.74 Å². The van der Waals surface area contributed by atoms with Gasteiger partial charge in [0.15, 0.2) is 0 Å². The van der Waals surface area contributed by atoms with Gasteiger partial charge < -0.3 is 15.4 Å². The summed E-state index contributed by atoms with van der Waals surface area (Å²) in [4.78, 5) is 12.2. The molecule has 1 saturated heterocycles. The molecule has 8 heteroatoms. The smallest absolute Gasteiger partial charge is 0.241 e. The Kier molecular flexibility index (Phi) is 4.94. The predicted octanol–water partition coefficient (Wildman–Crippen LogP) is -0.0899. The van der Waals surface area contributed by atoms with Crippen molar-refractivity contribution in [2.75, 3.05) is 26.0 Å². The van der Waals surface area contributed by atoms with Crippen LogP contribution in [0.25, 0.3) is 0 Å². The van der Waals surface area contributed by atoms with Gasteiger partial charge in [-0.3, -0.25) is 4.79 Å². The Morgan fingerprint density at radius 1 is 1.43 bits per heavy atom. The summed E-state index contributed by atoms with van der Waals surface area (Å²) in [5.74, 6) is -0.200. The largest absolute Gasteiger partial charge is 0.380 e. The number of hydrogen-bond donors (Lipinski definition) is 3. The zero-order valence-corrected chi connectivity index (χ0v) is 12.7. The second-order valence-electron chi connectivity index (χ2n) is 4.78. The number of carbonyl (C=O) groups excluding carboxylic acids is 1. The number of sulfonamides is 1. The van der Waals surface area contributed by atoms with Gasteiger partial charge in [0.05, 0.1) is 17.0 Å². The first-order chi connectivity index (χ1) is 9.96. The predicted molar refractivity (Wildman–Crippen MR) is 78.5 cm³/mol. The zero-order chi connectivity index (χ0) is 15.5. The van der Waals surface area contributed by atoms with E-state index in [2.05, 4.69) is 15.4 Å². The van der Waals surface area contributed by atoms with Crippen LogP contribution in [-0.2, 0) is 19.6 Å². The van der Waals surface area contributed by atoms with Gasteiger partial charge >= 0.3 is 0 Å². The van der Waals surface area contributed by atoms with E-state index in [1.165, 1.54) is 19.2 Å². The molecule has 116 valence electrons. The zero-order valence-electron chi connectivity index (χ0n) is 11.9. The van der Waals surface area contributed by atoms with Crippen molar-refractivity contribution in [1.82, 2.24) is 10.0 Å². The van der Waals surface area contributed by atoms with Gasteiger partial charge in [-0.1, -0.05) is 6.07 Å². The van der Waals surface area contributed by atoms with Crippen LogP contribution in [0.5, 0.6) is 0 Å². The fourth-order valence-corrected chi connectivity index (χ4v) is 2.95. The van der Waals surface area contributed by atoms with Crippen LogP contribution in [0.3, 0.4) is 0 Å². The van der Waals surface area contributed by atoms with Gasteiger partial charge in [-0.15, -0.1) is 0 Å². The van der Waals surface area contributed by atoms with Gasteiger partial charge in [0.2, 0.25) is 15.9 Å². The second kappa shape index (κ2) is 6.52. The minimum absolute atomic E-state index is 0.0248. The van der Waals surface area contributed by atoms with Crippen molar-refractivity contribution >= 4 is 21.6 Å². The Morgan fingerprint density at radius 3 is 2.81 bits per heavy atom. The van der Waals surface area contributed by atoms with Crippen LogP contribution in [0.1, 0.15) is 6.42 Å². The molecule has 0 bridgehead atoms. The first-order valence-corrected chi connectivity index (χ1v) is 8.05. The summed E-state index contributed by atoms with van der Waals surface area (Å²) >= 11 is 0. The molecule has 2 atom stereocenters. The highest BCUT2D eigenvalue weighted by Gasteiger charge is 2.29. The molecule has 1 aliphatic heterocycles. The molecule has 0 radical (unpaired) electrons. The van der Waals surface area contributed by atoms with Gasteiger partial charge in [0.1, 0.15) is 0 Å². The number of rotatable bonds is 5. The summed E-state index contributed by atoms with van der Waals surface area (Å²) in [6, 6.07) is 5.79. The molecular weight excluding hydrogens is 294 g/mol. The van der Waals surface area contributed by atoms with Crippen molar-refractivity contribution in [3.8, 4) is 0 Å². The van der Waals surface area contributed by atoms with E-state index in [1.54, 1.807) is 19.2 Å². The highest BCUT2D eigenvalue weighted by molar-refractivity contribution is 7.89. The first-order valence-electron chi connectivity index (χ1n) is 6.57. The number of amides is 1. The number of ether oxygens (including phenoxy) is 1. The molecule has 1 amide bonds. The van der Waals surface area contributed by atoms with E-state index in [1.807, 2.05) is 0 Å². The van der Waals surface area contributed by atoms with Crippen LogP contribution in [0, 0.1) is 0 Å². The molecule has 1 fully saturated rings. The minimum Gasteiger partial charge on any atom is -0.380 e. The van der Waals surface area contributed by atoms with Crippen LogP contribution >= 0.6 is 0 Å². The number of anilines is 1. The molecule has 0 spiro atoms. The number of methoxy groups -OCH3 is 1. The third-order valence-electron chi connectivity index (χ3n) is 3.42. The molecule has 7 nitrogen and oxygen atoms in total. The van der Waals surface area contributed by atoms with Crippen LogP contribution in [0.4, 0.5) is 5.69 Å². The molecule has 0 saturated carbocycles. The summed E-state index contributed by atoms with van der Waals surface area (Å²) in [6.45, 7) is 0.628. The lowest BCUT2D eigenvalue weighted by Gasteiger charge is -2.12. The monoisotopic (exact) mass is 313 g/mol. The fourth-order valence-electron chi connectivity index (χ4n) is 2.17. The van der Waals surface area contributed by atoms with Crippen LogP contribution < -0.4 is 15.4 Å². The van der Waals surface area contributed by atoms with Crippen LogP contribution in [0.2, 0.25) is 0 Å². The molecule has 0 aromatic heterocycles. The van der Waals surface area contributed by atoms with Gasteiger partial charge in [0.25, 0.3) is 0 Å². The number of carbonyl (C=O) groups is 1. The molecule has 1 aromatic rings. The first kappa shape index (κ1) is 15.9. The average Bonchev–Trinajstić information content (AvgIpc) is 2.96. The van der Waals surface area contributed by atoms with E-state index < -0.39 is 10.0 Å². The summed E-state index contributed by atoms with van der Waals surface area (Å²) in [5.41, 5.74) is 0.444. The molecule has 3 N–H and O–H groups in total. The normalized spacial score (nSPS) is 22.2. The number of nitrogens with one attached hydrogen (secondary N) is 3. The van der Waals surface area contributed by atoms with Crippen molar-refractivity contribution in [2.45, 2.75) is 23.5 Å². The van der Waals surface area contributed by atoms with E-state index >= 15 is 0 Å². The highest BCUT2D eigenvalue weighted by Crippen LogP contribution is 2.17. The van der Waals surface area contributed by atoms with Crippen molar-refractivity contribution in [3.63, 3.8) is 0 Å². The van der Waals surface area contributed by atoms with Crippen LogP contribution in [0.15, 0.2) is 29.2 Å². The molecule has 1 heterocycles. The molecule has 1 aliphatic rings. The fraction of sp³-hybridized carbons (Fsp3) is 0.462. The lowest BCUT2D eigenvalue weighted by Crippen LogP contribution is -2.35. The van der Waals surface area contributed by atoms with E-state index in [0.29, 0.717) is 18.7 Å². The van der Waals surface area contributed by atoms with Gasteiger partial charge in [-0.25, -0.2) is 13.1 Å². The molecule has 0 aliphatic carbocycles. The van der Waals surface area contributed by atoms with Gasteiger partial charge in [0, 0.05) is 19.3 Å². The molecule has 1 aromatic carbocycles. The molecule has 21 heavy (non-hydrogen) atoms. The van der Waals surface area contributed by atoms with Crippen molar-refractivity contribution in [1.29, 1.82) is 0 Å². The Labute approximate surface area is 124 Å². The topological polar surface area (TPSA) is 96.5 Å². The second-order valence-corrected chi connectivity index (χ2v) is 6.67. The lowest BCUT2D eigenvalue weighted by atomic mass is 10.2. The average molecular weight is 313 g/mol. The van der Waals surface area contributed by atoms with E-state index in [9.17, 15) is 13.2 Å². The lowest BCUT2D eigenvalue weighted by molar-refractivity contribution is -0.118. The molecule has 2 unspecified atom stereocenters. The Balaban J connectivity index is 2.07. The maximum atomic E-state index is 12.1. The van der Waals surface area contributed by atoms with Crippen molar-refractivity contribution < 1.29 is 17.9 Å². The Morgan fingerprint density at radius 2 is 2.19 bits per heavy atom. The Bertz CT molecular complexity index is 618. The SMILES string of the molecule is CNS(=O)(=O)c1cccc(NC(=O)C2CC(OC)CN2)c1. The van der Waals surface area contributed by atoms with E-state index in [0.717, 1.165) is 0 Å². The summed E-state index contributed by atoms with van der Waals surface area (Å²) in [7, 11) is -0.574. The highest BCUT2D eigenvalue weighted by atomic mass is 32.2. The third kappa shape index (κ3) is 3.79. The summed E-state index contributed by atoms with van der Waals surface area (Å²) in [6.07, 6.45) is 0.619. The van der Waals surface area contributed by atoms with Crippen molar-refractivity contribution in [3.05, 3.63) is 24.3 Å². The van der Waals surface area contributed by atoms with Crippen LogP contribution in [-0.4, -0.2) is 47.2 Å². The Hall–Kier alpha value is -1.48. The maximum Gasteiger partial charge on any atom is 0.241 e. The molecular formula is C13H19N3O4S. The number of hydrogen-bond acceptors (Lipinski definition) is 5. The number of benzene rings is 1. The third-order valence-corrected chi connectivity index (χ3v) is 4.83. The van der Waals surface area contributed by atoms with Crippen molar-refractivity contribution in [2.24, 2.45) is 0 Å². The quantitative estimate of drug-likeness (QED) is 0.706. The maximum absolute atomic E-state index is 12.1. The summed E-state index contributed by atoms with van der Waals surface area (Å²) < 4.78 is 30.9.